The van der Waals surface area contributed by atoms with Gasteiger partial charge in [0.1, 0.15) is 10.9 Å². The van der Waals surface area contributed by atoms with Gasteiger partial charge in [0.25, 0.3) is 0 Å². The molecule has 2 aromatic carbocycles. The van der Waals surface area contributed by atoms with E-state index in [1.54, 1.807) is 30.0 Å². The highest BCUT2D eigenvalue weighted by Gasteiger charge is 2.16. The van der Waals surface area contributed by atoms with Crippen LogP contribution in [-0.2, 0) is 29.4 Å². The van der Waals surface area contributed by atoms with E-state index in [0.29, 0.717) is 5.56 Å². The van der Waals surface area contributed by atoms with E-state index in [2.05, 4.69) is 24.7 Å². The van der Waals surface area contributed by atoms with Crippen molar-refractivity contribution >= 4 is 21.8 Å². The van der Waals surface area contributed by atoms with Gasteiger partial charge in [0, 0.05) is 18.5 Å². The Balaban J connectivity index is 1.95. The van der Waals surface area contributed by atoms with Crippen LogP contribution in [0, 0.1) is 0 Å². The Bertz CT molecular complexity index is 1090. The van der Waals surface area contributed by atoms with Gasteiger partial charge < -0.3 is 4.57 Å². The van der Waals surface area contributed by atoms with Crippen LogP contribution < -0.4 is 5.14 Å². The van der Waals surface area contributed by atoms with Gasteiger partial charge in [-0.05, 0) is 36.3 Å². The third-order valence-electron chi connectivity index (χ3n) is 4.92. The molecule has 2 N–H and O–H groups in total. The van der Waals surface area contributed by atoms with Gasteiger partial charge in [-0.2, -0.15) is 0 Å². The zero-order chi connectivity index (χ0) is 21.0. The van der Waals surface area contributed by atoms with Gasteiger partial charge in [0.2, 0.25) is 10.0 Å². The Morgan fingerprint density at radius 2 is 1.76 bits per heavy atom. The first-order chi connectivity index (χ1) is 13.9. The normalized spacial score (nSPS) is 11.7. The summed E-state index contributed by atoms with van der Waals surface area (Å²) in [6.07, 6.45) is 5.01. The highest BCUT2D eigenvalue weighted by molar-refractivity contribution is 7.98. The zero-order valence-electron chi connectivity index (χ0n) is 17.1. The van der Waals surface area contributed by atoms with E-state index < -0.39 is 10.0 Å². The number of imidazole rings is 1. The largest absolute Gasteiger partial charge is 0.326 e. The summed E-state index contributed by atoms with van der Waals surface area (Å²) < 4.78 is 26.1. The van der Waals surface area contributed by atoms with Crippen LogP contribution in [0.15, 0.2) is 58.5 Å². The van der Waals surface area contributed by atoms with Crippen molar-refractivity contribution in [2.75, 3.05) is 6.26 Å². The molecule has 0 atom stereocenters. The van der Waals surface area contributed by atoms with Crippen LogP contribution in [0.5, 0.6) is 0 Å². The van der Waals surface area contributed by atoms with E-state index in [4.69, 9.17) is 10.1 Å². The quantitative estimate of drug-likeness (QED) is 0.536. The molecule has 154 valence electrons. The Hall–Kier alpha value is -2.09. The summed E-state index contributed by atoms with van der Waals surface area (Å²) in [6.45, 7) is 5.08. The maximum Gasteiger partial charge on any atom is 0.238 e. The second kappa shape index (κ2) is 9.15. The lowest BCUT2D eigenvalue weighted by Gasteiger charge is -2.13. The van der Waals surface area contributed by atoms with Gasteiger partial charge >= 0.3 is 0 Å². The second-order valence-electron chi connectivity index (χ2n) is 6.91. The maximum atomic E-state index is 11.9. The summed E-state index contributed by atoms with van der Waals surface area (Å²) >= 11 is 1.69. The van der Waals surface area contributed by atoms with Crippen LogP contribution in [-0.4, -0.2) is 24.2 Å². The van der Waals surface area contributed by atoms with Crippen molar-refractivity contribution in [2.45, 2.75) is 49.6 Å². The second-order valence-corrected chi connectivity index (χ2v) is 9.24. The first-order valence-electron chi connectivity index (χ1n) is 9.72. The number of aryl methyl sites for hydroxylation is 1. The molecule has 0 aliphatic carbocycles. The lowest BCUT2D eigenvalue weighted by molar-refractivity contribution is 0.598. The maximum absolute atomic E-state index is 11.9. The molecule has 0 radical (unpaired) electrons. The van der Waals surface area contributed by atoms with Crippen LogP contribution in [0.4, 0.5) is 0 Å². The number of hydrogen-bond acceptors (Lipinski definition) is 4. The Morgan fingerprint density at radius 1 is 1.07 bits per heavy atom. The predicted octanol–water partition coefficient (Wildman–Crippen LogP) is 4.48. The summed E-state index contributed by atoms with van der Waals surface area (Å²) in [7, 11) is -3.78. The van der Waals surface area contributed by atoms with Gasteiger partial charge in [-0.1, -0.05) is 56.3 Å². The minimum absolute atomic E-state index is 0.144. The molecule has 0 saturated heterocycles. The molecular formula is C22H27N3O2S2. The molecule has 0 aliphatic rings. The molecule has 0 bridgehead atoms. The first-order valence-corrected chi connectivity index (χ1v) is 12.5. The highest BCUT2D eigenvalue weighted by atomic mass is 32.2. The number of rotatable bonds is 8. The van der Waals surface area contributed by atoms with Crippen LogP contribution in [0.3, 0.4) is 0 Å². The monoisotopic (exact) mass is 429 g/mol. The summed E-state index contributed by atoms with van der Waals surface area (Å²) in [5, 5.41) is 6.49. The van der Waals surface area contributed by atoms with Crippen LogP contribution in [0.25, 0.3) is 11.1 Å². The molecule has 1 aromatic heterocycles. The van der Waals surface area contributed by atoms with Crippen LogP contribution in [0.2, 0.25) is 0 Å². The average Bonchev–Trinajstić information content (AvgIpc) is 3.04. The average molecular weight is 430 g/mol. The number of primary sulfonamides is 1. The standard InChI is InChI=1S/C22H27N3O2S2/c1-4-8-21-24-22(28-3)19(5-2)25(21)15-16-11-13-17(14-12-16)18-9-6-7-10-20(18)29(23,26)27/h6-7,9-14H,4-5,8,15H2,1-3H3,(H2,23,26,27). The summed E-state index contributed by atoms with van der Waals surface area (Å²) in [6, 6.07) is 14.8. The van der Waals surface area contributed by atoms with Crippen molar-refractivity contribution in [3.05, 3.63) is 65.6 Å². The van der Waals surface area contributed by atoms with Gasteiger partial charge in [0.05, 0.1) is 10.6 Å². The fourth-order valence-corrected chi connectivity index (χ4v) is 4.99. The Labute approximate surface area is 177 Å². The minimum atomic E-state index is -3.78. The molecule has 0 saturated carbocycles. The SMILES string of the molecule is CCCc1nc(SC)c(CC)n1Cc1ccc(-c2ccccc2S(N)(=O)=O)cc1. The number of sulfonamides is 1. The third kappa shape index (κ3) is 4.74. The number of hydrogen-bond donors (Lipinski definition) is 1. The molecule has 0 amide bonds. The number of nitrogens with two attached hydrogens (primary N) is 1. The third-order valence-corrected chi connectivity index (χ3v) is 6.60. The van der Waals surface area contributed by atoms with E-state index in [-0.39, 0.29) is 4.90 Å². The molecular weight excluding hydrogens is 402 g/mol. The van der Waals surface area contributed by atoms with Crippen molar-refractivity contribution in [3.63, 3.8) is 0 Å². The fourth-order valence-electron chi connectivity index (χ4n) is 3.55. The van der Waals surface area contributed by atoms with Crippen molar-refractivity contribution in [1.82, 2.24) is 9.55 Å². The van der Waals surface area contributed by atoms with E-state index >= 15 is 0 Å². The van der Waals surface area contributed by atoms with Gasteiger partial charge in [-0.3, -0.25) is 0 Å². The van der Waals surface area contributed by atoms with Crippen molar-refractivity contribution in [1.29, 1.82) is 0 Å². The number of nitrogens with zero attached hydrogens (tertiary/aromatic N) is 2. The summed E-state index contributed by atoms with van der Waals surface area (Å²) in [5.74, 6) is 1.12. The lowest BCUT2D eigenvalue weighted by Crippen LogP contribution is -2.13. The lowest BCUT2D eigenvalue weighted by atomic mass is 10.0. The molecule has 0 aliphatic heterocycles. The molecule has 1 heterocycles. The topological polar surface area (TPSA) is 78.0 Å². The summed E-state index contributed by atoms with van der Waals surface area (Å²) in [4.78, 5) is 4.98. The number of benzene rings is 2. The molecule has 29 heavy (non-hydrogen) atoms. The smallest absolute Gasteiger partial charge is 0.238 e. The van der Waals surface area contributed by atoms with E-state index in [9.17, 15) is 8.42 Å². The first kappa shape index (κ1) is 21.6. The number of thioether (sulfide) groups is 1. The fraction of sp³-hybridized carbons (Fsp3) is 0.318. The number of aromatic nitrogens is 2. The van der Waals surface area contributed by atoms with E-state index in [1.807, 2.05) is 30.3 Å². The van der Waals surface area contributed by atoms with Gasteiger partial charge in [-0.25, -0.2) is 18.5 Å². The van der Waals surface area contributed by atoms with Crippen LogP contribution in [0.1, 0.15) is 37.4 Å². The molecule has 0 unspecified atom stereocenters. The van der Waals surface area contributed by atoms with E-state index in [0.717, 1.165) is 47.8 Å². The molecule has 3 aromatic rings. The molecule has 0 spiro atoms. The van der Waals surface area contributed by atoms with Crippen molar-refractivity contribution in [2.24, 2.45) is 5.14 Å². The zero-order valence-corrected chi connectivity index (χ0v) is 18.7. The Morgan fingerprint density at radius 3 is 2.34 bits per heavy atom. The predicted molar refractivity (Wildman–Crippen MR) is 120 cm³/mol. The molecule has 7 heteroatoms. The van der Waals surface area contributed by atoms with Crippen molar-refractivity contribution < 1.29 is 8.42 Å². The molecule has 0 fully saturated rings. The molecule has 5 nitrogen and oxygen atoms in total. The minimum Gasteiger partial charge on any atom is -0.326 e. The van der Waals surface area contributed by atoms with Gasteiger partial charge in [-0.15, -0.1) is 11.8 Å². The van der Waals surface area contributed by atoms with Gasteiger partial charge in [0.15, 0.2) is 0 Å². The van der Waals surface area contributed by atoms with Crippen molar-refractivity contribution in [3.8, 4) is 11.1 Å². The van der Waals surface area contributed by atoms with Crippen LogP contribution >= 0.6 is 11.8 Å². The molecule has 3 rings (SSSR count). The summed E-state index contributed by atoms with van der Waals surface area (Å²) in [5.41, 5.74) is 3.87. The highest BCUT2D eigenvalue weighted by Crippen LogP contribution is 2.28. The van der Waals surface area contributed by atoms with E-state index in [1.165, 1.54) is 5.69 Å². The Kier molecular flexibility index (Phi) is 6.82.